The van der Waals surface area contributed by atoms with E-state index in [9.17, 15) is 9.18 Å². The van der Waals surface area contributed by atoms with Gasteiger partial charge in [-0.3, -0.25) is 4.79 Å². The van der Waals surface area contributed by atoms with Gasteiger partial charge in [-0.1, -0.05) is 30.6 Å². The second-order valence-electron chi connectivity index (χ2n) is 5.56. The quantitative estimate of drug-likeness (QED) is 0.710. The summed E-state index contributed by atoms with van der Waals surface area (Å²) in [5, 5.41) is 6.67. The summed E-state index contributed by atoms with van der Waals surface area (Å²) in [6.45, 7) is 5.66. The van der Waals surface area contributed by atoms with Crippen molar-refractivity contribution < 1.29 is 18.4 Å². The van der Waals surface area contributed by atoms with Gasteiger partial charge in [0.2, 0.25) is 0 Å². The Bertz CT molecular complexity index is 670. The minimum absolute atomic E-state index is 0.276. The molecular formula is C18H23FN2O3. The van der Waals surface area contributed by atoms with Gasteiger partial charge in [0.05, 0.1) is 5.69 Å². The number of ether oxygens (including phenoxy) is 1. The van der Waals surface area contributed by atoms with Crippen LogP contribution in [0.4, 0.5) is 4.39 Å². The fourth-order valence-electron chi connectivity index (χ4n) is 2.28. The van der Waals surface area contributed by atoms with Crippen molar-refractivity contribution in [2.24, 2.45) is 0 Å². The second kappa shape index (κ2) is 9.17. The first kappa shape index (κ1) is 18.1. The summed E-state index contributed by atoms with van der Waals surface area (Å²) in [5.41, 5.74) is 1.31. The predicted molar refractivity (Wildman–Crippen MR) is 89.3 cm³/mol. The minimum atomic E-state index is -0.392. The summed E-state index contributed by atoms with van der Waals surface area (Å²) >= 11 is 0. The number of halogens is 1. The molecule has 0 saturated heterocycles. The molecule has 0 bridgehead atoms. The first-order valence-electron chi connectivity index (χ1n) is 8.21. The molecule has 0 aliphatic rings. The lowest BCUT2D eigenvalue weighted by Gasteiger charge is -2.06. The zero-order chi connectivity index (χ0) is 17.4. The van der Waals surface area contributed by atoms with E-state index in [0.29, 0.717) is 30.0 Å². The number of carbonyl (C=O) groups is 1. The molecule has 24 heavy (non-hydrogen) atoms. The molecule has 1 heterocycles. The number of aromatic nitrogens is 1. The number of nitrogens with one attached hydrogen (secondary N) is 1. The smallest absolute Gasteiger partial charge is 0.257 e. The zero-order valence-corrected chi connectivity index (χ0v) is 14.1. The van der Waals surface area contributed by atoms with Crippen molar-refractivity contribution in [2.75, 3.05) is 19.8 Å². The van der Waals surface area contributed by atoms with Crippen LogP contribution in [0.2, 0.25) is 0 Å². The van der Waals surface area contributed by atoms with Crippen LogP contribution < -0.4 is 5.32 Å². The van der Waals surface area contributed by atoms with Crippen LogP contribution in [-0.4, -0.2) is 30.8 Å². The highest BCUT2D eigenvalue weighted by Gasteiger charge is 2.21. The van der Waals surface area contributed by atoms with Gasteiger partial charge in [-0.05, 0) is 31.9 Å². The molecule has 1 aromatic heterocycles. The highest BCUT2D eigenvalue weighted by atomic mass is 19.1. The Kier molecular flexibility index (Phi) is 6.93. The lowest BCUT2D eigenvalue weighted by Crippen LogP contribution is -2.26. The summed E-state index contributed by atoms with van der Waals surface area (Å²) in [6, 6.07) is 5.91. The molecule has 1 aromatic carbocycles. The van der Waals surface area contributed by atoms with Gasteiger partial charge in [-0.15, -0.1) is 0 Å². The van der Waals surface area contributed by atoms with E-state index >= 15 is 0 Å². The molecule has 2 rings (SSSR count). The number of carbonyl (C=O) groups excluding carboxylic acids is 1. The van der Waals surface area contributed by atoms with Crippen molar-refractivity contribution in [1.82, 2.24) is 10.5 Å². The number of hydrogen-bond acceptors (Lipinski definition) is 4. The Balaban J connectivity index is 1.94. The highest BCUT2D eigenvalue weighted by molar-refractivity contribution is 6.00. The normalized spacial score (nSPS) is 10.8. The van der Waals surface area contributed by atoms with Crippen molar-refractivity contribution in [3.05, 3.63) is 41.3 Å². The molecule has 6 heteroatoms. The average Bonchev–Trinajstić information content (AvgIpc) is 2.95. The van der Waals surface area contributed by atoms with E-state index < -0.39 is 5.82 Å². The van der Waals surface area contributed by atoms with Crippen molar-refractivity contribution >= 4 is 5.91 Å². The van der Waals surface area contributed by atoms with E-state index in [0.717, 1.165) is 25.9 Å². The molecule has 0 radical (unpaired) electrons. The van der Waals surface area contributed by atoms with Gasteiger partial charge >= 0.3 is 0 Å². The van der Waals surface area contributed by atoms with E-state index in [4.69, 9.17) is 9.26 Å². The lowest BCUT2D eigenvalue weighted by atomic mass is 10.1. The van der Waals surface area contributed by atoms with Gasteiger partial charge in [0.15, 0.2) is 5.76 Å². The van der Waals surface area contributed by atoms with Crippen LogP contribution in [0.5, 0.6) is 0 Å². The highest BCUT2D eigenvalue weighted by Crippen LogP contribution is 2.26. The van der Waals surface area contributed by atoms with E-state index in [1.807, 2.05) is 0 Å². The van der Waals surface area contributed by atoms with E-state index in [-0.39, 0.29) is 11.7 Å². The van der Waals surface area contributed by atoms with Crippen LogP contribution >= 0.6 is 0 Å². The standard InChI is InChI=1S/C18H23FN2O3/c1-3-4-10-23-11-6-9-20-18(22)16-13(2)21-24-17(16)14-7-5-8-15(19)12-14/h5,7-8,12H,3-4,6,9-11H2,1-2H3,(H,20,22). The molecule has 5 nitrogen and oxygen atoms in total. The number of hydrogen-bond donors (Lipinski definition) is 1. The maximum atomic E-state index is 13.4. The Morgan fingerprint density at radius 1 is 1.33 bits per heavy atom. The molecule has 0 saturated carbocycles. The largest absolute Gasteiger partial charge is 0.381 e. The number of aryl methyl sites for hydroxylation is 1. The first-order chi connectivity index (χ1) is 11.6. The third-order valence-electron chi connectivity index (χ3n) is 3.57. The van der Waals surface area contributed by atoms with Crippen molar-refractivity contribution in [3.8, 4) is 11.3 Å². The fraction of sp³-hybridized carbons (Fsp3) is 0.444. The molecule has 0 fully saturated rings. The van der Waals surface area contributed by atoms with Crippen LogP contribution in [-0.2, 0) is 4.74 Å². The predicted octanol–water partition coefficient (Wildman–Crippen LogP) is 3.73. The molecule has 130 valence electrons. The van der Waals surface area contributed by atoms with Gasteiger partial charge in [0, 0.05) is 25.3 Å². The van der Waals surface area contributed by atoms with E-state index in [2.05, 4.69) is 17.4 Å². The van der Waals surface area contributed by atoms with Gasteiger partial charge in [0.25, 0.3) is 5.91 Å². The SMILES string of the molecule is CCCCOCCCNC(=O)c1c(C)noc1-c1cccc(F)c1. The average molecular weight is 334 g/mol. The Morgan fingerprint density at radius 2 is 2.12 bits per heavy atom. The van der Waals surface area contributed by atoms with Gasteiger partial charge in [-0.2, -0.15) is 0 Å². The van der Waals surface area contributed by atoms with Crippen LogP contribution in [0.3, 0.4) is 0 Å². The van der Waals surface area contributed by atoms with Crippen molar-refractivity contribution in [3.63, 3.8) is 0 Å². The summed E-state index contributed by atoms with van der Waals surface area (Å²) in [4.78, 5) is 12.4. The fourth-order valence-corrected chi connectivity index (χ4v) is 2.28. The van der Waals surface area contributed by atoms with Crippen LogP contribution in [0, 0.1) is 12.7 Å². The second-order valence-corrected chi connectivity index (χ2v) is 5.56. The topological polar surface area (TPSA) is 64.4 Å². The minimum Gasteiger partial charge on any atom is -0.381 e. The first-order valence-corrected chi connectivity index (χ1v) is 8.21. The van der Waals surface area contributed by atoms with Crippen LogP contribution in [0.15, 0.2) is 28.8 Å². The molecule has 0 aliphatic carbocycles. The summed E-state index contributed by atoms with van der Waals surface area (Å²) in [5.74, 6) is -0.387. The monoisotopic (exact) mass is 334 g/mol. The Morgan fingerprint density at radius 3 is 2.88 bits per heavy atom. The van der Waals surface area contributed by atoms with E-state index in [1.165, 1.54) is 12.1 Å². The molecule has 2 aromatic rings. The molecule has 0 aliphatic heterocycles. The van der Waals surface area contributed by atoms with Gasteiger partial charge in [0.1, 0.15) is 11.4 Å². The summed E-state index contributed by atoms with van der Waals surface area (Å²) in [7, 11) is 0. The molecule has 1 N–H and O–H groups in total. The van der Waals surface area contributed by atoms with Crippen molar-refractivity contribution in [2.45, 2.75) is 33.1 Å². The van der Waals surface area contributed by atoms with Crippen LogP contribution in [0.1, 0.15) is 42.2 Å². The summed E-state index contributed by atoms with van der Waals surface area (Å²) < 4.78 is 24.1. The number of nitrogens with zero attached hydrogens (tertiary/aromatic N) is 1. The Labute approximate surface area is 141 Å². The number of unbranched alkanes of at least 4 members (excludes halogenated alkanes) is 1. The number of amides is 1. The Hall–Kier alpha value is -2.21. The molecule has 0 spiro atoms. The molecule has 1 amide bonds. The third kappa shape index (κ3) is 4.89. The van der Waals surface area contributed by atoms with Gasteiger partial charge < -0.3 is 14.6 Å². The van der Waals surface area contributed by atoms with E-state index in [1.54, 1.807) is 19.1 Å². The maximum absolute atomic E-state index is 13.4. The van der Waals surface area contributed by atoms with Crippen LogP contribution in [0.25, 0.3) is 11.3 Å². The number of rotatable bonds is 9. The maximum Gasteiger partial charge on any atom is 0.257 e. The zero-order valence-electron chi connectivity index (χ0n) is 14.1. The lowest BCUT2D eigenvalue weighted by molar-refractivity contribution is 0.0940. The molecule has 0 unspecified atom stereocenters. The molecule has 0 atom stereocenters. The van der Waals surface area contributed by atoms with Gasteiger partial charge in [-0.25, -0.2) is 4.39 Å². The number of benzene rings is 1. The summed E-state index contributed by atoms with van der Waals surface area (Å²) in [6.07, 6.45) is 2.88. The third-order valence-corrected chi connectivity index (χ3v) is 3.57. The van der Waals surface area contributed by atoms with Crippen molar-refractivity contribution in [1.29, 1.82) is 0 Å². The molecular weight excluding hydrogens is 311 g/mol.